The van der Waals surface area contributed by atoms with Gasteiger partial charge in [-0.25, -0.2) is 0 Å². The molecule has 0 atom stereocenters. The van der Waals surface area contributed by atoms with Crippen molar-refractivity contribution in [3.63, 3.8) is 0 Å². The summed E-state index contributed by atoms with van der Waals surface area (Å²) >= 11 is 0. The summed E-state index contributed by atoms with van der Waals surface area (Å²) in [6.07, 6.45) is 9.20. The van der Waals surface area contributed by atoms with Crippen molar-refractivity contribution in [2.45, 2.75) is 105 Å². The topological polar surface area (TPSA) is 16.3 Å². The van der Waals surface area contributed by atoms with Crippen LogP contribution in [0, 0.1) is 13.8 Å². The van der Waals surface area contributed by atoms with Crippen molar-refractivity contribution in [1.29, 1.82) is 0 Å². The van der Waals surface area contributed by atoms with Gasteiger partial charge in [0.05, 0.1) is 33.4 Å². The maximum Gasteiger partial charge on any atom is 0.0543 e. The Morgan fingerprint density at radius 1 is 0.321 bits per heavy atom. The van der Waals surface area contributed by atoms with Crippen molar-refractivity contribution >= 4 is 110 Å². The highest BCUT2D eigenvalue weighted by molar-refractivity contribution is 6.30. The van der Waals surface area contributed by atoms with E-state index in [-0.39, 0.29) is 11.8 Å². The number of aromatic nitrogens is 2. The molecule has 0 bridgehead atoms. The van der Waals surface area contributed by atoms with Gasteiger partial charge in [-0.1, -0.05) is 137 Å². The molecule has 0 spiro atoms. The molecule has 4 nitrogen and oxygen atoms in total. The molecule has 0 fully saturated rings. The van der Waals surface area contributed by atoms with Crippen LogP contribution in [0.1, 0.15) is 110 Å². The number of hydrogen-bond donors (Lipinski definition) is 0. The van der Waals surface area contributed by atoms with E-state index in [0.29, 0.717) is 0 Å². The molecule has 0 radical (unpaired) electrons. The summed E-state index contributed by atoms with van der Waals surface area (Å²) in [6, 6.07) is 79.8. The Kier molecular flexibility index (Phi) is 11.9. The lowest BCUT2D eigenvalue weighted by molar-refractivity contribution is 0.686. The zero-order chi connectivity index (χ0) is 56.5. The van der Waals surface area contributed by atoms with Gasteiger partial charge in [0.2, 0.25) is 0 Å². The fourth-order valence-corrected chi connectivity index (χ4v) is 15.4. The molecule has 0 N–H and O–H groups in total. The third-order valence-electron chi connectivity index (χ3n) is 19.2. The molecule has 12 aromatic carbocycles. The molecule has 14 aromatic rings. The molecule has 16 rings (SSSR count). The van der Waals surface area contributed by atoms with E-state index in [1.54, 1.807) is 0 Å². The highest BCUT2D eigenvalue weighted by atomic mass is 15.2. The summed E-state index contributed by atoms with van der Waals surface area (Å²) in [5, 5.41) is 13.0. The summed E-state index contributed by atoms with van der Waals surface area (Å²) in [5.74, 6) is 0.527. The Bertz CT molecular complexity index is 4650. The normalized spacial score (nSPS) is 13.7. The molecule has 4 heteroatoms. The van der Waals surface area contributed by atoms with Crippen LogP contribution in [0.5, 0.6) is 0 Å². The maximum absolute atomic E-state index is 2.68. The van der Waals surface area contributed by atoms with E-state index < -0.39 is 0 Å². The number of anilines is 6. The molecule has 0 saturated heterocycles. The van der Waals surface area contributed by atoms with Crippen molar-refractivity contribution in [3.8, 4) is 11.4 Å². The van der Waals surface area contributed by atoms with Crippen molar-refractivity contribution < 1.29 is 0 Å². The first-order valence-corrected chi connectivity index (χ1v) is 31.0. The van der Waals surface area contributed by atoms with Gasteiger partial charge in [0, 0.05) is 66.4 Å². The fraction of sp³-hybridized carbons (Fsp3) is 0.200. The van der Waals surface area contributed by atoms with Crippen molar-refractivity contribution in [1.82, 2.24) is 9.13 Å². The maximum atomic E-state index is 2.68. The highest BCUT2D eigenvalue weighted by Crippen LogP contribution is 2.53. The van der Waals surface area contributed by atoms with Gasteiger partial charge >= 0.3 is 0 Å². The number of rotatable bonds is 10. The van der Waals surface area contributed by atoms with Crippen LogP contribution in [0.3, 0.4) is 0 Å². The second-order valence-electron chi connectivity index (χ2n) is 25.1. The summed E-state index contributed by atoms with van der Waals surface area (Å²) in [7, 11) is 0. The van der Waals surface area contributed by atoms with Crippen LogP contribution in [0.15, 0.2) is 206 Å². The van der Waals surface area contributed by atoms with Gasteiger partial charge in [-0.3, -0.25) is 0 Å². The van der Waals surface area contributed by atoms with Crippen LogP contribution in [-0.4, -0.2) is 9.13 Å². The van der Waals surface area contributed by atoms with Crippen LogP contribution < -0.4 is 9.80 Å². The Balaban J connectivity index is 0.988. The number of aryl methyl sites for hydroxylation is 4. The number of hydrogen-bond acceptors (Lipinski definition) is 2. The van der Waals surface area contributed by atoms with E-state index in [0.717, 1.165) is 25.7 Å². The van der Waals surface area contributed by atoms with E-state index in [2.05, 4.69) is 267 Å². The third kappa shape index (κ3) is 7.86. The molecule has 2 heterocycles. The van der Waals surface area contributed by atoms with E-state index >= 15 is 0 Å². The largest absolute Gasteiger partial charge is 0.310 e. The Morgan fingerprint density at radius 3 is 1.17 bits per heavy atom. The average Bonchev–Trinajstić information content (AvgIpc) is 0.952. The number of benzene rings is 12. The molecule has 410 valence electrons. The second-order valence-corrected chi connectivity index (χ2v) is 25.1. The second kappa shape index (κ2) is 19.8. The van der Waals surface area contributed by atoms with Gasteiger partial charge in [0.1, 0.15) is 0 Å². The lowest BCUT2D eigenvalue weighted by Crippen LogP contribution is -2.17. The number of para-hydroxylation sites is 2. The lowest BCUT2D eigenvalue weighted by atomic mass is 9.83. The molecular formula is C80H70N4. The summed E-state index contributed by atoms with van der Waals surface area (Å²) in [5.41, 5.74) is 25.9. The van der Waals surface area contributed by atoms with Crippen LogP contribution in [0.25, 0.3) is 87.3 Å². The number of nitrogens with zero attached hydrogens (tertiary/aromatic N) is 4. The monoisotopic (exact) mass is 1090 g/mol. The van der Waals surface area contributed by atoms with Crippen molar-refractivity contribution in [3.05, 3.63) is 251 Å². The van der Waals surface area contributed by atoms with E-state index in [1.165, 1.54) is 192 Å². The van der Waals surface area contributed by atoms with Crippen LogP contribution in [-0.2, 0) is 25.7 Å². The molecule has 84 heavy (non-hydrogen) atoms. The van der Waals surface area contributed by atoms with Crippen LogP contribution in [0.2, 0.25) is 0 Å². The molecule has 2 aromatic heterocycles. The minimum atomic E-state index is 0.264. The standard InChI is InChI=1S/C80H70N4/c1-49(2)67-47-77(83(71-33-17-23-53-21-7-9-27-59(53)71)57-35-41-75-69(45-57)61-29-11-13-31-73(61)81(75)55-25-15-19-51(5)43-55)65-40-38-64-68(50(3)4)48-78(66-39-37-63(67)79(65)80(64)66)84(72-34-18-24-54-22-8-10-28-60(54)72)58-36-42-76-70(46-58)62-30-12-14-32-74(62)82(76)56-26-16-20-52(6)44-56/h11-20,23-26,29-50H,7-10,21-22,27-28H2,1-6H3. The minimum Gasteiger partial charge on any atom is -0.310 e. The molecule has 2 aliphatic rings. The lowest BCUT2D eigenvalue weighted by Gasteiger charge is -2.34. The molecule has 0 unspecified atom stereocenters. The van der Waals surface area contributed by atoms with Gasteiger partial charge < -0.3 is 18.9 Å². The molecule has 2 aliphatic carbocycles. The predicted octanol–water partition coefficient (Wildman–Crippen LogP) is 22.3. The highest BCUT2D eigenvalue weighted by Gasteiger charge is 2.30. The Labute approximate surface area is 493 Å². The van der Waals surface area contributed by atoms with Crippen molar-refractivity contribution in [2.24, 2.45) is 0 Å². The summed E-state index contributed by atoms with van der Waals surface area (Å²) in [4.78, 5) is 5.35. The van der Waals surface area contributed by atoms with Crippen LogP contribution in [0.4, 0.5) is 34.1 Å². The van der Waals surface area contributed by atoms with Crippen molar-refractivity contribution in [2.75, 3.05) is 9.80 Å². The first-order valence-electron chi connectivity index (χ1n) is 31.0. The third-order valence-corrected chi connectivity index (χ3v) is 19.2. The number of fused-ring (bicyclic) bond motifs is 8. The van der Waals surface area contributed by atoms with Gasteiger partial charge in [-0.2, -0.15) is 0 Å². The average molecular weight is 1090 g/mol. The van der Waals surface area contributed by atoms with E-state index in [1.807, 2.05) is 0 Å². The SMILES string of the molecule is Cc1cccc(-n2c3ccccc3c3cc(N(c4cccc5c4CCCC5)c4cc(C(C)C)c5ccc6c(N(c7ccc8c(c7)c7ccccc7n8-c7cccc(C)c7)c7cccc8c7CCCC8)cc(C(C)C)c7ccc4c5c76)ccc32)c1. The zero-order valence-electron chi connectivity index (χ0n) is 49.2. The first-order chi connectivity index (χ1) is 41.2. The molecule has 0 saturated carbocycles. The van der Waals surface area contributed by atoms with E-state index in [4.69, 9.17) is 0 Å². The Hall–Kier alpha value is -9.12. The summed E-state index contributed by atoms with van der Waals surface area (Å²) in [6.45, 7) is 14.0. The van der Waals surface area contributed by atoms with Crippen LogP contribution >= 0.6 is 0 Å². The van der Waals surface area contributed by atoms with E-state index in [9.17, 15) is 0 Å². The Morgan fingerprint density at radius 2 is 0.726 bits per heavy atom. The molecule has 0 aliphatic heterocycles. The quantitative estimate of drug-likeness (QED) is 0.127. The predicted molar refractivity (Wildman–Crippen MR) is 359 cm³/mol. The first kappa shape index (κ1) is 50.6. The molecule has 0 amide bonds. The van der Waals surface area contributed by atoms with Gasteiger partial charge in [0.15, 0.2) is 0 Å². The zero-order valence-corrected chi connectivity index (χ0v) is 49.2. The van der Waals surface area contributed by atoms with Gasteiger partial charge in [-0.15, -0.1) is 0 Å². The minimum absolute atomic E-state index is 0.264. The smallest absolute Gasteiger partial charge is 0.0543 e. The fourth-order valence-electron chi connectivity index (χ4n) is 15.4. The van der Waals surface area contributed by atoms with Gasteiger partial charge in [0.25, 0.3) is 0 Å². The van der Waals surface area contributed by atoms with Gasteiger partial charge in [-0.05, 0) is 240 Å². The molecular weight excluding hydrogens is 1020 g/mol. The summed E-state index contributed by atoms with van der Waals surface area (Å²) < 4.78 is 4.92.